The van der Waals surface area contributed by atoms with Crippen molar-refractivity contribution in [1.29, 1.82) is 0 Å². The topological polar surface area (TPSA) is 64.1 Å². The Morgan fingerprint density at radius 1 is 1.21 bits per heavy atom. The van der Waals surface area contributed by atoms with Crippen LogP contribution in [-0.2, 0) is 0 Å². The third kappa shape index (κ3) is 3.36. The number of amides is 1. The molecule has 6 heteroatoms. The molecule has 1 amide bonds. The van der Waals surface area contributed by atoms with E-state index in [1.54, 1.807) is 17.5 Å². The molecule has 144 valence electrons. The van der Waals surface area contributed by atoms with Gasteiger partial charge in [0.2, 0.25) is 0 Å². The van der Waals surface area contributed by atoms with Gasteiger partial charge < -0.3 is 10.1 Å². The van der Waals surface area contributed by atoms with Gasteiger partial charge in [-0.3, -0.25) is 9.78 Å². The fraction of sp³-hybridized carbons (Fsp3) is 0.174. The van der Waals surface area contributed by atoms with E-state index >= 15 is 0 Å². The Hall–Kier alpha value is -3.25. The van der Waals surface area contributed by atoms with E-state index in [2.05, 4.69) is 10.3 Å². The Morgan fingerprint density at radius 2 is 2.10 bits per heavy atom. The molecule has 0 radical (unpaired) electrons. The van der Waals surface area contributed by atoms with Crippen molar-refractivity contribution >= 4 is 27.5 Å². The van der Waals surface area contributed by atoms with E-state index in [0.717, 1.165) is 44.1 Å². The van der Waals surface area contributed by atoms with Gasteiger partial charge in [0.25, 0.3) is 5.91 Å². The standard InChI is InChI=1S/C23H19N3O2S/c1-14-13-24-10-8-16(14)23-26-19-7-6-15(12-21(19)29-23)22(27)25-18-9-11-28-20-5-3-2-4-17(18)20/h2-8,10,12-13,18H,9,11H2,1H3,(H,25,27). The highest BCUT2D eigenvalue weighted by atomic mass is 32.1. The van der Waals surface area contributed by atoms with Gasteiger partial charge in [-0.1, -0.05) is 18.2 Å². The summed E-state index contributed by atoms with van der Waals surface area (Å²) in [7, 11) is 0. The summed E-state index contributed by atoms with van der Waals surface area (Å²) in [4.78, 5) is 21.8. The Bertz CT molecular complexity index is 1220. The van der Waals surface area contributed by atoms with Crippen molar-refractivity contribution < 1.29 is 9.53 Å². The molecule has 1 unspecified atom stereocenters. The van der Waals surface area contributed by atoms with Crippen LogP contribution in [0, 0.1) is 6.92 Å². The first kappa shape index (κ1) is 17.8. The zero-order chi connectivity index (χ0) is 19.8. The van der Waals surface area contributed by atoms with Crippen LogP contribution in [-0.4, -0.2) is 22.5 Å². The van der Waals surface area contributed by atoms with E-state index in [1.807, 2.05) is 61.7 Å². The quantitative estimate of drug-likeness (QED) is 0.529. The molecule has 0 spiro atoms. The highest BCUT2D eigenvalue weighted by Gasteiger charge is 2.23. The van der Waals surface area contributed by atoms with Crippen LogP contribution in [0.3, 0.4) is 0 Å². The molecule has 2 aromatic heterocycles. The number of carbonyl (C=O) groups is 1. The first-order valence-electron chi connectivity index (χ1n) is 9.53. The van der Waals surface area contributed by atoms with Crippen molar-refractivity contribution in [2.24, 2.45) is 0 Å². The highest BCUT2D eigenvalue weighted by Crippen LogP contribution is 2.33. The van der Waals surface area contributed by atoms with Gasteiger partial charge in [-0.25, -0.2) is 4.98 Å². The van der Waals surface area contributed by atoms with Crippen LogP contribution in [0.15, 0.2) is 60.9 Å². The second-order valence-corrected chi connectivity index (χ2v) is 8.12. The van der Waals surface area contributed by atoms with Crippen LogP contribution < -0.4 is 10.1 Å². The summed E-state index contributed by atoms with van der Waals surface area (Å²) in [6.07, 6.45) is 4.38. The summed E-state index contributed by atoms with van der Waals surface area (Å²) in [6.45, 7) is 2.63. The number of carbonyl (C=O) groups excluding carboxylic acids is 1. The van der Waals surface area contributed by atoms with Gasteiger partial charge in [0.15, 0.2) is 0 Å². The molecular weight excluding hydrogens is 382 g/mol. The van der Waals surface area contributed by atoms with Crippen molar-refractivity contribution in [3.05, 3.63) is 77.6 Å². The number of fused-ring (bicyclic) bond motifs is 2. The lowest BCUT2D eigenvalue weighted by molar-refractivity contribution is 0.0925. The average molecular weight is 401 g/mol. The van der Waals surface area contributed by atoms with Gasteiger partial charge in [0.1, 0.15) is 10.8 Å². The zero-order valence-corrected chi connectivity index (χ0v) is 16.7. The van der Waals surface area contributed by atoms with Crippen LogP contribution in [0.4, 0.5) is 0 Å². The fourth-order valence-electron chi connectivity index (χ4n) is 3.63. The van der Waals surface area contributed by atoms with Crippen molar-refractivity contribution in [2.75, 3.05) is 6.61 Å². The lowest BCUT2D eigenvalue weighted by Gasteiger charge is -2.26. The van der Waals surface area contributed by atoms with Gasteiger partial charge in [-0.2, -0.15) is 0 Å². The Morgan fingerprint density at radius 3 is 3.00 bits per heavy atom. The molecule has 1 atom stereocenters. The van der Waals surface area contributed by atoms with E-state index in [1.165, 1.54) is 0 Å². The van der Waals surface area contributed by atoms with Gasteiger partial charge in [0.05, 0.1) is 22.9 Å². The molecule has 5 nitrogen and oxygen atoms in total. The van der Waals surface area contributed by atoms with Crippen LogP contribution in [0.1, 0.15) is 33.9 Å². The van der Waals surface area contributed by atoms with Crippen molar-refractivity contribution in [1.82, 2.24) is 15.3 Å². The molecule has 1 N–H and O–H groups in total. The van der Waals surface area contributed by atoms with E-state index in [0.29, 0.717) is 12.2 Å². The molecule has 0 fully saturated rings. The monoisotopic (exact) mass is 401 g/mol. The fourth-order valence-corrected chi connectivity index (χ4v) is 4.72. The number of hydrogen-bond acceptors (Lipinski definition) is 5. The van der Waals surface area contributed by atoms with Crippen LogP contribution in [0.25, 0.3) is 20.8 Å². The molecule has 0 saturated carbocycles. The maximum atomic E-state index is 12.9. The van der Waals surface area contributed by atoms with E-state index < -0.39 is 0 Å². The number of rotatable bonds is 3. The van der Waals surface area contributed by atoms with E-state index in [9.17, 15) is 4.79 Å². The second kappa shape index (κ2) is 7.29. The maximum Gasteiger partial charge on any atom is 0.251 e. The minimum absolute atomic E-state index is 0.0420. The molecule has 5 rings (SSSR count). The first-order chi connectivity index (χ1) is 14.2. The number of hydrogen-bond donors (Lipinski definition) is 1. The minimum Gasteiger partial charge on any atom is -0.493 e. The summed E-state index contributed by atoms with van der Waals surface area (Å²) >= 11 is 1.59. The first-order valence-corrected chi connectivity index (χ1v) is 10.3. The lowest BCUT2D eigenvalue weighted by Crippen LogP contribution is -2.32. The van der Waals surface area contributed by atoms with Gasteiger partial charge in [-0.15, -0.1) is 11.3 Å². The lowest BCUT2D eigenvalue weighted by atomic mass is 10.00. The molecule has 1 aliphatic heterocycles. The van der Waals surface area contributed by atoms with Crippen LogP contribution >= 0.6 is 11.3 Å². The number of ether oxygens (including phenoxy) is 1. The number of thiazole rings is 1. The van der Waals surface area contributed by atoms with Crippen LogP contribution in [0.2, 0.25) is 0 Å². The minimum atomic E-state index is -0.0800. The summed E-state index contributed by atoms with van der Waals surface area (Å²) in [5.74, 6) is 0.767. The summed E-state index contributed by atoms with van der Waals surface area (Å²) in [6, 6.07) is 15.5. The molecule has 4 aromatic rings. The van der Waals surface area contributed by atoms with Gasteiger partial charge in [0, 0.05) is 35.5 Å². The Labute approximate surface area is 172 Å². The number of benzene rings is 2. The van der Waals surface area contributed by atoms with Gasteiger partial charge >= 0.3 is 0 Å². The number of nitrogens with one attached hydrogen (secondary N) is 1. The second-order valence-electron chi connectivity index (χ2n) is 7.09. The predicted octanol–water partition coefficient (Wildman–Crippen LogP) is 4.92. The molecule has 0 aliphatic carbocycles. The van der Waals surface area contributed by atoms with E-state index in [-0.39, 0.29) is 11.9 Å². The summed E-state index contributed by atoms with van der Waals surface area (Å²) in [5, 5.41) is 4.10. The smallest absolute Gasteiger partial charge is 0.251 e. The third-order valence-corrected chi connectivity index (χ3v) is 6.22. The molecule has 1 aliphatic rings. The summed E-state index contributed by atoms with van der Waals surface area (Å²) < 4.78 is 6.69. The Kier molecular flexibility index (Phi) is 4.48. The Balaban J connectivity index is 1.42. The van der Waals surface area contributed by atoms with Crippen molar-refractivity contribution in [3.63, 3.8) is 0 Å². The summed E-state index contributed by atoms with van der Waals surface area (Å²) in [5.41, 5.74) is 4.73. The largest absolute Gasteiger partial charge is 0.493 e. The van der Waals surface area contributed by atoms with Gasteiger partial charge in [-0.05, 0) is 42.8 Å². The molecule has 0 bridgehead atoms. The third-order valence-electron chi connectivity index (χ3n) is 5.17. The number of nitrogens with zero attached hydrogens (tertiary/aromatic N) is 2. The SMILES string of the molecule is Cc1cnccc1-c1nc2ccc(C(=O)NC3CCOc4ccccc43)cc2s1. The zero-order valence-electron chi connectivity index (χ0n) is 15.9. The molecule has 29 heavy (non-hydrogen) atoms. The number of aromatic nitrogens is 2. The molecular formula is C23H19N3O2S. The predicted molar refractivity (Wildman–Crippen MR) is 114 cm³/mol. The molecule has 3 heterocycles. The maximum absolute atomic E-state index is 12.9. The average Bonchev–Trinajstić information content (AvgIpc) is 3.17. The van der Waals surface area contributed by atoms with E-state index in [4.69, 9.17) is 9.72 Å². The van der Waals surface area contributed by atoms with Crippen molar-refractivity contribution in [3.8, 4) is 16.3 Å². The number of aryl methyl sites for hydroxylation is 1. The highest BCUT2D eigenvalue weighted by molar-refractivity contribution is 7.21. The normalized spacial score (nSPS) is 15.6. The van der Waals surface area contributed by atoms with Crippen LogP contribution in [0.5, 0.6) is 5.75 Å². The number of pyridine rings is 1. The molecule has 0 saturated heterocycles. The van der Waals surface area contributed by atoms with Crippen molar-refractivity contribution in [2.45, 2.75) is 19.4 Å². The molecule has 2 aromatic carbocycles. The number of para-hydroxylation sites is 1.